The lowest BCUT2D eigenvalue weighted by Crippen LogP contribution is -2.61. The van der Waals surface area contributed by atoms with Crippen molar-refractivity contribution in [2.75, 3.05) is 6.61 Å². The summed E-state index contributed by atoms with van der Waals surface area (Å²) in [4.78, 5) is 0. The molecule has 9 heteroatoms. The molecule has 118 valence electrons. The van der Waals surface area contributed by atoms with E-state index >= 15 is 0 Å². The Balaban J connectivity index is 2.01. The first-order valence-corrected chi connectivity index (χ1v) is 6.34. The first kappa shape index (κ1) is 16.0. The molecule has 0 saturated carbocycles. The topological polar surface area (TPSA) is 149 Å². The maximum Gasteiger partial charge on any atom is 0.186 e. The van der Waals surface area contributed by atoms with E-state index in [0.717, 1.165) is 0 Å². The van der Waals surface area contributed by atoms with Crippen molar-refractivity contribution >= 4 is 0 Å². The molecule has 0 aromatic rings. The zero-order valence-corrected chi connectivity index (χ0v) is 10.8. The van der Waals surface area contributed by atoms with E-state index in [2.05, 4.69) is 0 Å². The van der Waals surface area contributed by atoms with Gasteiger partial charge in [-0.05, 0) is 6.92 Å². The molecule has 0 radical (unpaired) electrons. The van der Waals surface area contributed by atoms with Gasteiger partial charge in [0.05, 0.1) is 12.7 Å². The fraction of sp³-hybridized carbons (Fsp3) is 1.00. The highest BCUT2D eigenvalue weighted by Gasteiger charge is 2.46. The first-order chi connectivity index (χ1) is 9.32. The Morgan fingerprint density at radius 2 is 1.55 bits per heavy atom. The molecule has 2 aliphatic heterocycles. The van der Waals surface area contributed by atoms with Gasteiger partial charge in [-0.15, -0.1) is 0 Å². The van der Waals surface area contributed by atoms with E-state index in [9.17, 15) is 30.6 Å². The van der Waals surface area contributed by atoms with E-state index in [1.165, 1.54) is 6.92 Å². The average molecular weight is 296 g/mol. The second-order valence-corrected chi connectivity index (χ2v) is 5.06. The number of hydrogen-bond donors (Lipinski definition) is 6. The van der Waals surface area contributed by atoms with Gasteiger partial charge in [0.1, 0.15) is 36.6 Å². The Morgan fingerprint density at radius 1 is 0.900 bits per heavy atom. The van der Waals surface area contributed by atoms with E-state index in [4.69, 9.17) is 14.2 Å². The van der Waals surface area contributed by atoms with Crippen LogP contribution in [0.5, 0.6) is 0 Å². The third-order valence-corrected chi connectivity index (χ3v) is 3.54. The zero-order chi connectivity index (χ0) is 15.0. The monoisotopic (exact) mass is 296 g/mol. The SMILES string of the molecule is CC1OC(O)C(O)C(O)C1OC1OCC(O)C(O)C1O. The first-order valence-electron chi connectivity index (χ1n) is 6.34. The van der Waals surface area contributed by atoms with Crippen LogP contribution >= 0.6 is 0 Å². The summed E-state index contributed by atoms with van der Waals surface area (Å²) in [5, 5.41) is 57.3. The summed E-state index contributed by atoms with van der Waals surface area (Å²) < 4.78 is 15.3. The molecule has 2 fully saturated rings. The normalized spacial score (nSPS) is 53.9. The molecule has 9 nitrogen and oxygen atoms in total. The second kappa shape index (κ2) is 6.18. The van der Waals surface area contributed by atoms with Gasteiger partial charge in [0.25, 0.3) is 0 Å². The van der Waals surface area contributed by atoms with E-state index < -0.39 is 55.3 Å². The summed E-state index contributed by atoms with van der Waals surface area (Å²) in [7, 11) is 0. The lowest BCUT2D eigenvalue weighted by molar-refractivity contribution is -0.337. The maximum atomic E-state index is 9.85. The Hall–Kier alpha value is -0.360. The maximum absolute atomic E-state index is 9.85. The highest BCUT2D eigenvalue weighted by atomic mass is 16.7. The van der Waals surface area contributed by atoms with Crippen LogP contribution in [-0.4, -0.2) is 92.6 Å². The van der Waals surface area contributed by atoms with Crippen LogP contribution in [0.4, 0.5) is 0 Å². The van der Waals surface area contributed by atoms with E-state index in [1.807, 2.05) is 0 Å². The molecule has 0 aromatic heterocycles. The predicted molar refractivity (Wildman–Crippen MR) is 61.2 cm³/mol. The smallest absolute Gasteiger partial charge is 0.186 e. The average Bonchev–Trinajstić information content (AvgIpc) is 2.41. The van der Waals surface area contributed by atoms with Crippen molar-refractivity contribution in [2.24, 2.45) is 0 Å². The Kier molecular flexibility index (Phi) is 4.95. The number of hydrogen-bond acceptors (Lipinski definition) is 9. The van der Waals surface area contributed by atoms with E-state index in [0.29, 0.717) is 0 Å². The van der Waals surface area contributed by atoms with Gasteiger partial charge in [0.15, 0.2) is 12.6 Å². The van der Waals surface area contributed by atoms with Crippen LogP contribution in [0, 0.1) is 0 Å². The van der Waals surface area contributed by atoms with Gasteiger partial charge in [-0.25, -0.2) is 0 Å². The minimum absolute atomic E-state index is 0.244. The molecule has 6 N–H and O–H groups in total. The van der Waals surface area contributed by atoms with Crippen LogP contribution in [0.15, 0.2) is 0 Å². The van der Waals surface area contributed by atoms with Crippen molar-refractivity contribution in [1.82, 2.24) is 0 Å². The third-order valence-electron chi connectivity index (χ3n) is 3.54. The van der Waals surface area contributed by atoms with Gasteiger partial charge < -0.3 is 44.8 Å². The van der Waals surface area contributed by atoms with Gasteiger partial charge in [0.2, 0.25) is 0 Å². The van der Waals surface area contributed by atoms with Gasteiger partial charge in [0, 0.05) is 0 Å². The molecule has 9 atom stereocenters. The number of aliphatic hydroxyl groups is 6. The number of rotatable bonds is 2. The highest BCUT2D eigenvalue weighted by molar-refractivity contribution is 4.90. The van der Waals surface area contributed by atoms with Crippen LogP contribution in [0.2, 0.25) is 0 Å². The predicted octanol–water partition coefficient (Wildman–Crippen LogP) is -3.73. The summed E-state index contributed by atoms with van der Waals surface area (Å²) in [6, 6.07) is 0. The van der Waals surface area contributed by atoms with Crippen molar-refractivity contribution in [3.8, 4) is 0 Å². The van der Waals surface area contributed by atoms with Crippen molar-refractivity contribution in [3.63, 3.8) is 0 Å². The molecule has 2 rings (SSSR count). The lowest BCUT2D eigenvalue weighted by Gasteiger charge is -2.43. The van der Waals surface area contributed by atoms with Crippen LogP contribution < -0.4 is 0 Å². The molecule has 0 aromatic carbocycles. The highest BCUT2D eigenvalue weighted by Crippen LogP contribution is 2.26. The molecule has 0 amide bonds. The molecule has 0 bridgehead atoms. The third kappa shape index (κ3) is 2.96. The number of ether oxygens (including phenoxy) is 3. The molecule has 2 saturated heterocycles. The minimum atomic E-state index is -1.56. The largest absolute Gasteiger partial charge is 0.388 e. The summed E-state index contributed by atoms with van der Waals surface area (Å²) in [6.07, 6.45) is -11.9. The molecular weight excluding hydrogens is 276 g/mol. The lowest BCUT2D eigenvalue weighted by atomic mass is 9.99. The van der Waals surface area contributed by atoms with Crippen LogP contribution in [0.3, 0.4) is 0 Å². The Bertz CT molecular complexity index is 327. The summed E-state index contributed by atoms with van der Waals surface area (Å²) >= 11 is 0. The molecule has 0 spiro atoms. The van der Waals surface area contributed by atoms with Crippen LogP contribution in [0.1, 0.15) is 6.92 Å². The fourth-order valence-electron chi connectivity index (χ4n) is 2.26. The van der Waals surface area contributed by atoms with Gasteiger partial charge in [-0.2, -0.15) is 0 Å². The fourth-order valence-corrected chi connectivity index (χ4v) is 2.26. The van der Waals surface area contributed by atoms with E-state index in [-0.39, 0.29) is 6.61 Å². The summed E-state index contributed by atoms with van der Waals surface area (Å²) in [5.41, 5.74) is 0. The Morgan fingerprint density at radius 3 is 2.20 bits per heavy atom. The van der Waals surface area contributed by atoms with Crippen molar-refractivity contribution in [2.45, 2.75) is 62.2 Å². The summed E-state index contributed by atoms with van der Waals surface area (Å²) in [6.45, 7) is 1.26. The molecule has 9 unspecified atom stereocenters. The second-order valence-electron chi connectivity index (χ2n) is 5.06. The van der Waals surface area contributed by atoms with Crippen molar-refractivity contribution < 1.29 is 44.8 Å². The number of aliphatic hydroxyl groups excluding tert-OH is 6. The summed E-state index contributed by atoms with van der Waals surface area (Å²) in [5.74, 6) is 0. The molecule has 0 aliphatic carbocycles. The van der Waals surface area contributed by atoms with Crippen molar-refractivity contribution in [1.29, 1.82) is 0 Å². The van der Waals surface area contributed by atoms with Crippen LogP contribution in [0.25, 0.3) is 0 Å². The standard InChI is InChI=1S/C11H20O9/c1-3-9(6(14)7(15)10(17)19-3)20-11-8(16)5(13)4(12)2-18-11/h3-17H,2H2,1H3. The molecule has 2 heterocycles. The quantitative estimate of drug-likeness (QED) is 0.302. The zero-order valence-electron chi connectivity index (χ0n) is 10.8. The van der Waals surface area contributed by atoms with Gasteiger partial charge in [-0.1, -0.05) is 0 Å². The van der Waals surface area contributed by atoms with Gasteiger partial charge >= 0.3 is 0 Å². The van der Waals surface area contributed by atoms with Crippen LogP contribution in [-0.2, 0) is 14.2 Å². The molecular formula is C11H20O9. The molecule has 20 heavy (non-hydrogen) atoms. The Labute approximate surface area is 114 Å². The molecule has 2 aliphatic rings. The minimum Gasteiger partial charge on any atom is -0.388 e. The van der Waals surface area contributed by atoms with Gasteiger partial charge in [-0.3, -0.25) is 0 Å². The van der Waals surface area contributed by atoms with E-state index in [1.54, 1.807) is 0 Å². The van der Waals surface area contributed by atoms with Crippen molar-refractivity contribution in [3.05, 3.63) is 0 Å².